The van der Waals surface area contributed by atoms with Crippen molar-refractivity contribution < 1.29 is 0 Å². The monoisotopic (exact) mass is 178 g/mol. The molecule has 0 atom stereocenters. The molecule has 1 rings (SSSR count). The predicted octanol–water partition coefficient (Wildman–Crippen LogP) is 4.48. The Hall–Kier alpha value is -0.520. The summed E-state index contributed by atoms with van der Waals surface area (Å²) in [6.45, 7) is 13.8. The van der Waals surface area contributed by atoms with E-state index in [0.29, 0.717) is 5.41 Å². The number of rotatable bonds is 0. The minimum Gasteiger partial charge on any atom is -0.0698 e. The van der Waals surface area contributed by atoms with Crippen LogP contribution in [0.3, 0.4) is 0 Å². The van der Waals surface area contributed by atoms with Gasteiger partial charge in [0.05, 0.1) is 0 Å². The fourth-order valence-corrected chi connectivity index (χ4v) is 2.17. The summed E-state index contributed by atoms with van der Waals surface area (Å²) in [6.07, 6.45) is 2.52. The fraction of sp³-hybridized carbons (Fsp3) is 0.692. The Labute approximate surface area is 82.7 Å². The van der Waals surface area contributed by atoms with Crippen LogP contribution in [-0.2, 0) is 0 Å². The molecule has 0 bridgehead atoms. The van der Waals surface area contributed by atoms with Gasteiger partial charge in [-0.1, -0.05) is 31.9 Å². The van der Waals surface area contributed by atoms with Crippen LogP contribution < -0.4 is 0 Å². The minimum atomic E-state index is 0.353. The summed E-state index contributed by atoms with van der Waals surface area (Å²) in [5.74, 6) is 0. The summed E-state index contributed by atoms with van der Waals surface area (Å²) in [5.41, 5.74) is 6.64. The van der Waals surface area contributed by atoms with Gasteiger partial charge in [0.1, 0.15) is 0 Å². The van der Waals surface area contributed by atoms with Crippen LogP contribution in [0, 0.1) is 5.41 Å². The Kier molecular flexibility index (Phi) is 2.70. The molecule has 0 heteroatoms. The second kappa shape index (κ2) is 3.32. The molecular formula is C13H22. The second-order valence-corrected chi connectivity index (χ2v) is 5.26. The summed E-state index contributed by atoms with van der Waals surface area (Å²) in [4.78, 5) is 0. The van der Waals surface area contributed by atoms with Crippen LogP contribution in [0.4, 0.5) is 0 Å². The highest BCUT2D eigenvalue weighted by Crippen LogP contribution is 2.39. The first kappa shape index (κ1) is 10.6. The van der Waals surface area contributed by atoms with Crippen molar-refractivity contribution in [3.05, 3.63) is 22.3 Å². The normalized spacial score (nSPS) is 19.8. The van der Waals surface area contributed by atoms with Gasteiger partial charge in [-0.15, -0.1) is 0 Å². The molecule has 1 aliphatic carbocycles. The SMILES string of the molecule is CC1=C(C)C(C)=C(C(C)(C)C)CC1. The molecule has 0 spiro atoms. The van der Waals surface area contributed by atoms with Gasteiger partial charge < -0.3 is 0 Å². The molecule has 0 aromatic rings. The Bertz CT molecular complexity index is 269. The van der Waals surface area contributed by atoms with Crippen LogP contribution in [0.5, 0.6) is 0 Å². The average Bonchev–Trinajstić information content (AvgIpc) is 1.98. The van der Waals surface area contributed by atoms with Crippen LogP contribution in [0.1, 0.15) is 54.4 Å². The molecule has 0 nitrogen and oxygen atoms in total. The van der Waals surface area contributed by atoms with E-state index in [1.54, 1.807) is 11.1 Å². The first-order chi connectivity index (χ1) is 5.84. The predicted molar refractivity (Wildman–Crippen MR) is 59.8 cm³/mol. The Balaban J connectivity index is 3.13. The highest BCUT2D eigenvalue weighted by molar-refractivity contribution is 5.41. The van der Waals surface area contributed by atoms with Gasteiger partial charge in [0.2, 0.25) is 0 Å². The van der Waals surface area contributed by atoms with Gasteiger partial charge in [-0.3, -0.25) is 0 Å². The summed E-state index contributed by atoms with van der Waals surface area (Å²) in [5, 5.41) is 0. The van der Waals surface area contributed by atoms with Crippen molar-refractivity contribution >= 4 is 0 Å². The van der Waals surface area contributed by atoms with Crippen molar-refractivity contribution in [2.24, 2.45) is 5.41 Å². The van der Waals surface area contributed by atoms with E-state index < -0.39 is 0 Å². The van der Waals surface area contributed by atoms with Crippen molar-refractivity contribution in [2.45, 2.75) is 54.4 Å². The molecule has 0 saturated heterocycles. The van der Waals surface area contributed by atoms with Gasteiger partial charge >= 0.3 is 0 Å². The lowest BCUT2D eigenvalue weighted by molar-refractivity contribution is 0.472. The smallest absolute Gasteiger partial charge is 0.0167 e. The molecule has 74 valence electrons. The highest BCUT2D eigenvalue weighted by Gasteiger charge is 2.23. The Morgan fingerprint density at radius 1 is 0.846 bits per heavy atom. The zero-order valence-electron chi connectivity index (χ0n) is 9.91. The fourth-order valence-electron chi connectivity index (χ4n) is 2.17. The van der Waals surface area contributed by atoms with Gasteiger partial charge in [-0.05, 0) is 50.2 Å². The van der Waals surface area contributed by atoms with Crippen LogP contribution in [0.15, 0.2) is 22.3 Å². The molecule has 0 unspecified atom stereocenters. The van der Waals surface area contributed by atoms with Crippen molar-refractivity contribution in [3.63, 3.8) is 0 Å². The first-order valence-electron chi connectivity index (χ1n) is 5.21. The molecule has 13 heavy (non-hydrogen) atoms. The Morgan fingerprint density at radius 3 is 1.85 bits per heavy atom. The van der Waals surface area contributed by atoms with E-state index >= 15 is 0 Å². The zero-order chi connectivity index (χ0) is 10.2. The lowest BCUT2D eigenvalue weighted by atomic mass is 9.75. The summed E-state index contributed by atoms with van der Waals surface area (Å²) < 4.78 is 0. The highest BCUT2D eigenvalue weighted by atomic mass is 14.3. The zero-order valence-corrected chi connectivity index (χ0v) is 9.91. The van der Waals surface area contributed by atoms with Crippen LogP contribution >= 0.6 is 0 Å². The molecule has 0 aliphatic heterocycles. The molecule has 0 heterocycles. The van der Waals surface area contributed by atoms with E-state index in [0.717, 1.165) is 0 Å². The standard InChI is InChI=1S/C13H22/c1-9-7-8-12(13(4,5)6)11(3)10(9)2/h7-8H2,1-6H3. The van der Waals surface area contributed by atoms with Gasteiger partial charge in [-0.25, -0.2) is 0 Å². The minimum absolute atomic E-state index is 0.353. The molecule has 0 amide bonds. The third-order valence-electron chi connectivity index (χ3n) is 3.31. The lowest BCUT2D eigenvalue weighted by Crippen LogP contribution is -2.15. The van der Waals surface area contributed by atoms with E-state index in [9.17, 15) is 0 Å². The quantitative estimate of drug-likeness (QED) is 0.513. The van der Waals surface area contributed by atoms with Crippen LogP contribution in [0.2, 0.25) is 0 Å². The summed E-state index contributed by atoms with van der Waals surface area (Å²) in [7, 11) is 0. The van der Waals surface area contributed by atoms with Crippen molar-refractivity contribution in [1.82, 2.24) is 0 Å². The van der Waals surface area contributed by atoms with E-state index in [1.807, 2.05) is 0 Å². The summed E-state index contributed by atoms with van der Waals surface area (Å²) in [6, 6.07) is 0. The van der Waals surface area contributed by atoms with Crippen LogP contribution in [-0.4, -0.2) is 0 Å². The third kappa shape index (κ3) is 2.04. The van der Waals surface area contributed by atoms with E-state index in [-0.39, 0.29) is 0 Å². The van der Waals surface area contributed by atoms with Crippen molar-refractivity contribution in [3.8, 4) is 0 Å². The molecular weight excluding hydrogens is 156 g/mol. The van der Waals surface area contributed by atoms with Crippen molar-refractivity contribution in [1.29, 1.82) is 0 Å². The molecule has 0 aromatic heterocycles. The maximum atomic E-state index is 2.32. The molecule has 0 radical (unpaired) electrons. The maximum absolute atomic E-state index is 2.32. The van der Waals surface area contributed by atoms with E-state index in [4.69, 9.17) is 0 Å². The van der Waals surface area contributed by atoms with Gasteiger partial charge in [0.25, 0.3) is 0 Å². The Morgan fingerprint density at radius 2 is 1.38 bits per heavy atom. The van der Waals surface area contributed by atoms with Gasteiger partial charge in [0, 0.05) is 0 Å². The maximum Gasteiger partial charge on any atom is -0.0167 e. The van der Waals surface area contributed by atoms with E-state index in [2.05, 4.69) is 41.5 Å². The van der Waals surface area contributed by atoms with Crippen molar-refractivity contribution in [2.75, 3.05) is 0 Å². The number of hydrogen-bond acceptors (Lipinski definition) is 0. The molecule has 0 aromatic carbocycles. The average molecular weight is 178 g/mol. The molecule has 1 aliphatic rings. The molecule has 0 N–H and O–H groups in total. The number of allylic oxidation sites excluding steroid dienone is 4. The third-order valence-corrected chi connectivity index (χ3v) is 3.31. The first-order valence-corrected chi connectivity index (χ1v) is 5.21. The molecule has 0 fully saturated rings. The topological polar surface area (TPSA) is 0 Å². The van der Waals surface area contributed by atoms with E-state index in [1.165, 1.54) is 24.0 Å². The van der Waals surface area contributed by atoms with Gasteiger partial charge in [-0.2, -0.15) is 0 Å². The largest absolute Gasteiger partial charge is 0.0698 e. The lowest BCUT2D eigenvalue weighted by Gasteiger charge is -2.30. The second-order valence-electron chi connectivity index (χ2n) is 5.26. The van der Waals surface area contributed by atoms with Gasteiger partial charge in [0.15, 0.2) is 0 Å². The summed E-state index contributed by atoms with van der Waals surface area (Å²) >= 11 is 0. The number of hydrogen-bond donors (Lipinski definition) is 0. The molecule has 0 saturated carbocycles. The van der Waals surface area contributed by atoms with Crippen LogP contribution in [0.25, 0.3) is 0 Å².